The van der Waals surface area contributed by atoms with Crippen LogP contribution in [0.15, 0.2) is 73.1 Å². The lowest BCUT2D eigenvalue weighted by atomic mass is 10.0. The lowest BCUT2D eigenvalue weighted by Gasteiger charge is -2.17. The third kappa shape index (κ3) is 4.90. The highest BCUT2D eigenvalue weighted by Crippen LogP contribution is 2.28. The maximum atomic E-state index is 12.1. The molecule has 0 spiro atoms. The first-order valence-corrected chi connectivity index (χ1v) is 11.5. The number of pyridine rings is 1. The molecule has 35 heavy (non-hydrogen) atoms. The summed E-state index contributed by atoms with van der Waals surface area (Å²) in [6, 6.07) is 13.0. The van der Waals surface area contributed by atoms with E-state index in [1.807, 2.05) is 36.0 Å². The second kappa shape index (κ2) is 10.0. The number of anilines is 1. The second-order valence-electron chi connectivity index (χ2n) is 7.78. The Bertz CT molecular complexity index is 1380. The van der Waals surface area contributed by atoms with Crippen LogP contribution in [0.2, 0.25) is 0 Å². The number of carbonyl (C=O) groups is 1. The van der Waals surface area contributed by atoms with E-state index < -0.39 is 0 Å². The predicted octanol–water partition coefficient (Wildman–Crippen LogP) is 3.90. The molecule has 5 rings (SSSR count). The molecule has 178 valence electrons. The highest BCUT2D eigenvalue weighted by molar-refractivity contribution is 7.82. The number of carbonyl (C=O) groups excluding carboxylic acids is 1. The van der Waals surface area contributed by atoms with Crippen LogP contribution >= 0.6 is 12.8 Å². The van der Waals surface area contributed by atoms with E-state index in [0.29, 0.717) is 41.4 Å². The van der Waals surface area contributed by atoms with E-state index in [1.165, 1.54) is 0 Å². The van der Waals surface area contributed by atoms with Crippen molar-refractivity contribution >= 4 is 35.8 Å². The van der Waals surface area contributed by atoms with Crippen molar-refractivity contribution in [1.82, 2.24) is 30.0 Å². The SMILES string of the molecule is CCNC(=O)N(S)c1ccc2ncc(-c3cnn(C(Cc4ccccc4)C4=COCO4)c3)nc2n1. The molecule has 10 nitrogen and oxygen atoms in total. The third-order valence-electron chi connectivity index (χ3n) is 5.44. The van der Waals surface area contributed by atoms with Gasteiger partial charge < -0.3 is 14.8 Å². The van der Waals surface area contributed by atoms with E-state index in [0.717, 1.165) is 15.4 Å². The van der Waals surface area contributed by atoms with Crippen molar-refractivity contribution in [2.75, 3.05) is 17.6 Å². The lowest BCUT2D eigenvalue weighted by molar-refractivity contribution is 0.0703. The molecule has 1 aromatic carbocycles. The smallest absolute Gasteiger partial charge is 0.333 e. The Kier molecular flexibility index (Phi) is 6.49. The zero-order valence-electron chi connectivity index (χ0n) is 18.9. The number of aromatic nitrogens is 5. The first kappa shape index (κ1) is 22.7. The van der Waals surface area contributed by atoms with Gasteiger partial charge in [-0.1, -0.05) is 43.1 Å². The molecule has 1 aliphatic heterocycles. The molecule has 0 saturated heterocycles. The average molecular weight is 490 g/mol. The minimum absolute atomic E-state index is 0.179. The summed E-state index contributed by atoms with van der Waals surface area (Å²) >= 11 is 4.25. The third-order valence-corrected chi connectivity index (χ3v) is 5.83. The van der Waals surface area contributed by atoms with Crippen molar-refractivity contribution in [3.05, 3.63) is 78.6 Å². The van der Waals surface area contributed by atoms with Gasteiger partial charge in [0, 0.05) is 24.7 Å². The minimum atomic E-state index is -0.370. The molecule has 11 heteroatoms. The molecule has 4 heterocycles. The molecule has 4 aromatic rings. The standard InChI is InChI=1S/C24H23N7O3S/c1-2-25-24(32)31(35)22-9-8-18-23(29-22)28-19(12-26-18)17-11-27-30(13-17)20(21-14-33-15-34-21)10-16-6-4-3-5-7-16/h3-9,11-14,20,35H,2,10,15H2,1H3,(H,25,32). The van der Waals surface area contributed by atoms with Crippen molar-refractivity contribution < 1.29 is 14.3 Å². The number of amides is 2. The molecular weight excluding hydrogens is 466 g/mol. The van der Waals surface area contributed by atoms with Gasteiger partial charge in [-0.2, -0.15) is 5.10 Å². The summed E-state index contributed by atoms with van der Waals surface area (Å²) in [5.74, 6) is 1.06. The summed E-state index contributed by atoms with van der Waals surface area (Å²) in [6.07, 6.45) is 7.62. The van der Waals surface area contributed by atoms with Crippen molar-refractivity contribution in [2.24, 2.45) is 0 Å². The maximum Gasteiger partial charge on any atom is 0.333 e. The quantitative estimate of drug-likeness (QED) is 0.379. The summed E-state index contributed by atoms with van der Waals surface area (Å²) in [5.41, 5.74) is 3.53. The van der Waals surface area contributed by atoms with Crippen LogP contribution in [0, 0.1) is 0 Å². The summed E-state index contributed by atoms with van der Waals surface area (Å²) < 4.78 is 14.0. The van der Waals surface area contributed by atoms with E-state index in [9.17, 15) is 4.79 Å². The van der Waals surface area contributed by atoms with Gasteiger partial charge in [0.25, 0.3) is 0 Å². The van der Waals surface area contributed by atoms with Crippen LogP contribution in [0.1, 0.15) is 18.5 Å². The number of hydrogen-bond acceptors (Lipinski definition) is 8. The zero-order valence-corrected chi connectivity index (χ0v) is 19.8. The van der Waals surface area contributed by atoms with Gasteiger partial charge >= 0.3 is 6.03 Å². The van der Waals surface area contributed by atoms with Crippen molar-refractivity contribution in [3.8, 4) is 11.3 Å². The fourth-order valence-electron chi connectivity index (χ4n) is 3.70. The molecule has 0 fully saturated rings. The maximum absolute atomic E-state index is 12.1. The summed E-state index contributed by atoms with van der Waals surface area (Å²) in [5, 5.41) is 7.26. The monoisotopic (exact) mass is 489 g/mol. The Morgan fingerprint density at radius 2 is 2.06 bits per heavy atom. The fraction of sp³-hybridized carbons (Fsp3) is 0.208. The zero-order chi connectivity index (χ0) is 24.2. The van der Waals surface area contributed by atoms with Gasteiger partial charge in [0.05, 0.1) is 18.1 Å². The molecule has 3 aromatic heterocycles. The molecule has 1 unspecified atom stereocenters. The van der Waals surface area contributed by atoms with E-state index in [1.54, 1.807) is 30.8 Å². The van der Waals surface area contributed by atoms with Gasteiger partial charge in [-0.05, 0) is 24.6 Å². The largest absolute Gasteiger partial charge is 0.462 e. The number of allylic oxidation sites excluding steroid dienone is 1. The van der Waals surface area contributed by atoms with Crippen molar-refractivity contribution in [2.45, 2.75) is 19.4 Å². The van der Waals surface area contributed by atoms with Gasteiger partial charge in [-0.15, -0.1) is 0 Å². The fourth-order valence-corrected chi connectivity index (χ4v) is 3.89. The summed E-state index contributed by atoms with van der Waals surface area (Å²) in [7, 11) is 0. The van der Waals surface area contributed by atoms with E-state index >= 15 is 0 Å². The average Bonchev–Trinajstić information content (AvgIpc) is 3.60. The van der Waals surface area contributed by atoms with E-state index in [-0.39, 0.29) is 18.9 Å². The minimum Gasteiger partial charge on any atom is -0.462 e. The molecule has 0 saturated carbocycles. The molecule has 0 aliphatic carbocycles. The van der Waals surface area contributed by atoms with Gasteiger partial charge in [0.2, 0.25) is 6.79 Å². The number of rotatable bonds is 7. The number of thiol groups is 1. The highest BCUT2D eigenvalue weighted by Gasteiger charge is 2.24. The molecule has 1 aliphatic rings. The number of ether oxygens (including phenoxy) is 2. The van der Waals surface area contributed by atoms with Gasteiger partial charge in [0.1, 0.15) is 23.6 Å². The highest BCUT2D eigenvalue weighted by atomic mass is 32.1. The second-order valence-corrected chi connectivity index (χ2v) is 8.18. The Morgan fingerprint density at radius 1 is 1.20 bits per heavy atom. The Hall–Kier alpha value is -4.12. The first-order chi connectivity index (χ1) is 17.1. The number of hydrogen-bond donors (Lipinski definition) is 2. The molecule has 1 N–H and O–H groups in total. The van der Waals surface area contributed by atoms with Crippen LogP contribution in [0.5, 0.6) is 0 Å². The number of nitrogens with zero attached hydrogens (tertiary/aromatic N) is 6. The molecule has 2 amide bonds. The van der Waals surface area contributed by atoms with Crippen LogP contribution in [0.4, 0.5) is 10.6 Å². The van der Waals surface area contributed by atoms with Gasteiger partial charge in [-0.3, -0.25) is 9.67 Å². The molecule has 0 radical (unpaired) electrons. The normalized spacial score (nSPS) is 13.6. The summed E-state index contributed by atoms with van der Waals surface area (Å²) in [4.78, 5) is 25.7. The Morgan fingerprint density at radius 3 is 2.83 bits per heavy atom. The van der Waals surface area contributed by atoms with Gasteiger partial charge in [0.15, 0.2) is 11.4 Å². The summed E-state index contributed by atoms with van der Waals surface area (Å²) in [6.45, 7) is 2.51. The lowest BCUT2D eigenvalue weighted by Crippen LogP contribution is -2.34. The Labute approximate surface area is 207 Å². The molecular formula is C24H23N7O3S. The molecule has 0 bridgehead atoms. The van der Waals surface area contributed by atoms with Crippen molar-refractivity contribution in [3.63, 3.8) is 0 Å². The molecule has 1 atom stereocenters. The van der Waals surface area contributed by atoms with Crippen LogP contribution in [-0.2, 0) is 15.9 Å². The predicted molar refractivity (Wildman–Crippen MR) is 133 cm³/mol. The number of nitrogens with one attached hydrogen (secondary N) is 1. The van der Waals surface area contributed by atoms with E-state index in [4.69, 9.17) is 9.47 Å². The number of fused-ring (bicyclic) bond motifs is 1. The van der Waals surface area contributed by atoms with Gasteiger partial charge in [-0.25, -0.2) is 19.1 Å². The topological polar surface area (TPSA) is 107 Å². The first-order valence-electron chi connectivity index (χ1n) is 11.1. The van der Waals surface area contributed by atoms with Crippen LogP contribution in [0.25, 0.3) is 22.4 Å². The van der Waals surface area contributed by atoms with Crippen LogP contribution in [-0.4, -0.2) is 44.1 Å². The van der Waals surface area contributed by atoms with Crippen LogP contribution in [0.3, 0.4) is 0 Å². The van der Waals surface area contributed by atoms with E-state index in [2.05, 4.69) is 50.3 Å². The number of benzene rings is 1. The Balaban J connectivity index is 1.44. The number of urea groups is 1. The van der Waals surface area contributed by atoms with Crippen LogP contribution < -0.4 is 9.62 Å². The van der Waals surface area contributed by atoms with Crippen molar-refractivity contribution in [1.29, 1.82) is 0 Å².